The largest absolute Gasteiger partial charge is 0.493 e. The molecular weight excluding hydrogens is 344 g/mol. The van der Waals surface area contributed by atoms with Gasteiger partial charge in [-0.05, 0) is 49.5 Å². The van der Waals surface area contributed by atoms with Crippen LogP contribution in [0.2, 0.25) is 0 Å². The van der Waals surface area contributed by atoms with Crippen molar-refractivity contribution in [2.45, 2.75) is 32.2 Å². The molecule has 6 nitrogen and oxygen atoms in total. The summed E-state index contributed by atoms with van der Waals surface area (Å²) in [4.78, 5) is 12.2. The van der Waals surface area contributed by atoms with Gasteiger partial charge in [-0.2, -0.15) is 0 Å². The zero-order valence-electron chi connectivity index (χ0n) is 15.4. The highest BCUT2D eigenvalue weighted by Crippen LogP contribution is 2.38. The summed E-state index contributed by atoms with van der Waals surface area (Å²) >= 11 is 0. The lowest BCUT2D eigenvalue weighted by atomic mass is 9.95. The Labute approximate surface area is 156 Å². The van der Waals surface area contributed by atoms with Crippen LogP contribution in [-0.4, -0.2) is 46.4 Å². The summed E-state index contributed by atoms with van der Waals surface area (Å²) in [6, 6.07) is 4.04. The number of hydrogen-bond acceptors (Lipinski definition) is 5. The Balaban J connectivity index is 0.00000312. The number of amides is 1. The molecule has 25 heavy (non-hydrogen) atoms. The molecule has 2 atom stereocenters. The molecule has 1 aliphatic heterocycles. The van der Waals surface area contributed by atoms with Gasteiger partial charge in [0.25, 0.3) is 0 Å². The first-order valence-electron chi connectivity index (χ1n) is 8.38. The van der Waals surface area contributed by atoms with Crippen molar-refractivity contribution in [1.29, 1.82) is 0 Å². The van der Waals surface area contributed by atoms with Gasteiger partial charge in [-0.1, -0.05) is 6.92 Å². The van der Waals surface area contributed by atoms with Crippen LogP contribution in [0.15, 0.2) is 12.1 Å². The lowest BCUT2D eigenvalue weighted by molar-refractivity contribution is -0.122. The van der Waals surface area contributed by atoms with Gasteiger partial charge in [0.2, 0.25) is 11.7 Å². The van der Waals surface area contributed by atoms with E-state index in [1.165, 1.54) is 0 Å². The second-order valence-electron chi connectivity index (χ2n) is 6.18. The highest BCUT2D eigenvalue weighted by atomic mass is 35.5. The first-order valence-corrected chi connectivity index (χ1v) is 8.38. The number of carbonyl (C=O) groups excluding carboxylic acids is 1. The molecular formula is C18H29ClN2O4. The monoisotopic (exact) mass is 372 g/mol. The van der Waals surface area contributed by atoms with Crippen molar-refractivity contribution in [1.82, 2.24) is 10.6 Å². The lowest BCUT2D eigenvalue weighted by Crippen LogP contribution is -2.48. The van der Waals surface area contributed by atoms with Gasteiger partial charge in [-0.3, -0.25) is 4.79 Å². The molecule has 2 rings (SSSR count). The van der Waals surface area contributed by atoms with Crippen LogP contribution >= 0.6 is 12.4 Å². The Morgan fingerprint density at radius 2 is 1.84 bits per heavy atom. The van der Waals surface area contributed by atoms with Gasteiger partial charge in [-0.15, -0.1) is 12.4 Å². The van der Waals surface area contributed by atoms with E-state index < -0.39 is 0 Å². The maximum atomic E-state index is 12.2. The normalized spacial score (nSPS) is 19.5. The fourth-order valence-electron chi connectivity index (χ4n) is 3.05. The molecule has 7 heteroatoms. The van der Waals surface area contributed by atoms with E-state index in [9.17, 15) is 4.79 Å². The van der Waals surface area contributed by atoms with Crippen LogP contribution in [0.4, 0.5) is 0 Å². The summed E-state index contributed by atoms with van der Waals surface area (Å²) in [6.45, 7) is 4.08. The van der Waals surface area contributed by atoms with Gasteiger partial charge in [0, 0.05) is 12.5 Å². The van der Waals surface area contributed by atoms with Crippen molar-refractivity contribution >= 4 is 18.3 Å². The molecule has 0 bridgehead atoms. The van der Waals surface area contributed by atoms with E-state index in [1.54, 1.807) is 21.3 Å². The van der Waals surface area contributed by atoms with Crippen LogP contribution in [-0.2, 0) is 11.2 Å². The smallest absolute Gasteiger partial charge is 0.220 e. The number of aryl methyl sites for hydroxylation is 1. The summed E-state index contributed by atoms with van der Waals surface area (Å²) < 4.78 is 16.0. The molecule has 0 aliphatic carbocycles. The fraction of sp³-hybridized carbons (Fsp3) is 0.611. The Bertz CT molecular complexity index is 543. The fourth-order valence-corrected chi connectivity index (χ4v) is 3.05. The number of piperidine rings is 1. The number of methoxy groups -OCH3 is 3. The highest BCUT2D eigenvalue weighted by molar-refractivity contribution is 5.85. The zero-order valence-corrected chi connectivity index (χ0v) is 16.2. The van der Waals surface area contributed by atoms with Crippen LogP contribution < -0.4 is 24.8 Å². The standard InChI is InChI=1S/C18H28N2O4.ClH/c1-12-11-19-8-7-14(12)20-17(21)6-5-13-9-15(22-2)18(24-4)16(10-13)23-3;/h9-10,12,14,19H,5-8,11H2,1-4H3,(H,20,21);1H. The van der Waals surface area contributed by atoms with Gasteiger partial charge in [0.05, 0.1) is 21.3 Å². The summed E-state index contributed by atoms with van der Waals surface area (Å²) in [5.41, 5.74) is 0.984. The molecule has 1 aromatic carbocycles. The topological polar surface area (TPSA) is 68.8 Å². The van der Waals surface area contributed by atoms with Crippen molar-refractivity contribution in [3.8, 4) is 17.2 Å². The van der Waals surface area contributed by atoms with Crippen molar-refractivity contribution in [3.63, 3.8) is 0 Å². The SMILES string of the molecule is COc1cc(CCC(=O)NC2CCNCC2C)cc(OC)c1OC.Cl. The van der Waals surface area contributed by atoms with Crippen molar-refractivity contribution in [3.05, 3.63) is 17.7 Å². The molecule has 1 aliphatic rings. The van der Waals surface area contributed by atoms with E-state index in [1.807, 2.05) is 12.1 Å². The highest BCUT2D eigenvalue weighted by Gasteiger charge is 2.22. The molecule has 0 saturated carbocycles. The van der Waals surface area contributed by atoms with Gasteiger partial charge >= 0.3 is 0 Å². The van der Waals surface area contributed by atoms with Crippen molar-refractivity contribution in [2.75, 3.05) is 34.4 Å². The Morgan fingerprint density at radius 3 is 2.36 bits per heavy atom. The van der Waals surface area contributed by atoms with Crippen molar-refractivity contribution in [2.24, 2.45) is 5.92 Å². The first kappa shape index (κ1) is 21.4. The van der Waals surface area contributed by atoms with E-state index in [0.717, 1.165) is 25.1 Å². The molecule has 142 valence electrons. The van der Waals surface area contributed by atoms with Crippen molar-refractivity contribution < 1.29 is 19.0 Å². The van der Waals surface area contributed by atoms with E-state index in [-0.39, 0.29) is 24.4 Å². The van der Waals surface area contributed by atoms with E-state index in [0.29, 0.717) is 36.0 Å². The van der Waals surface area contributed by atoms with E-state index in [4.69, 9.17) is 14.2 Å². The minimum absolute atomic E-state index is 0. The summed E-state index contributed by atoms with van der Waals surface area (Å²) in [5, 5.41) is 6.49. The van der Waals surface area contributed by atoms with Crippen LogP contribution in [0.3, 0.4) is 0 Å². The quantitative estimate of drug-likeness (QED) is 0.767. The number of benzene rings is 1. The zero-order chi connectivity index (χ0) is 17.5. The van der Waals surface area contributed by atoms with Crippen LogP contribution in [0, 0.1) is 5.92 Å². The second kappa shape index (κ2) is 10.4. The van der Waals surface area contributed by atoms with Crippen LogP contribution in [0.1, 0.15) is 25.3 Å². The summed E-state index contributed by atoms with van der Waals surface area (Å²) in [7, 11) is 4.76. The summed E-state index contributed by atoms with van der Waals surface area (Å²) in [5.74, 6) is 2.33. The van der Waals surface area contributed by atoms with Gasteiger partial charge in [-0.25, -0.2) is 0 Å². The maximum absolute atomic E-state index is 12.2. The average molecular weight is 373 g/mol. The van der Waals surface area contributed by atoms with Gasteiger partial charge in [0.15, 0.2) is 11.5 Å². The first-order chi connectivity index (χ1) is 11.6. The van der Waals surface area contributed by atoms with Crippen LogP contribution in [0.25, 0.3) is 0 Å². The third-order valence-electron chi connectivity index (χ3n) is 4.50. The van der Waals surface area contributed by atoms with E-state index in [2.05, 4.69) is 17.6 Å². The number of ether oxygens (including phenoxy) is 3. The molecule has 1 fully saturated rings. The van der Waals surface area contributed by atoms with Gasteiger partial charge in [0.1, 0.15) is 0 Å². The molecule has 1 amide bonds. The minimum atomic E-state index is 0. The minimum Gasteiger partial charge on any atom is -0.493 e. The maximum Gasteiger partial charge on any atom is 0.220 e. The number of halogens is 1. The predicted molar refractivity (Wildman–Crippen MR) is 100 cm³/mol. The van der Waals surface area contributed by atoms with Crippen LogP contribution in [0.5, 0.6) is 17.2 Å². The third-order valence-corrected chi connectivity index (χ3v) is 4.50. The Kier molecular flexibility index (Phi) is 8.86. The number of carbonyl (C=O) groups is 1. The van der Waals surface area contributed by atoms with Gasteiger partial charge < -0.3 is 24.8 Å². The van der Waals surface area contributed by atoms with E-state index >= 15 is 0 Å². The Hall–Kier alpha value is -1.66. The number of rotatable bonds is 7. The second-order valence-corrected chi connectivity index (χ2v) is 6.18. The molecule has 0 spiro atoms. The lowest BCUT2D eigenvalue weighted by Gasteiger charge is -2.30. The predicted octanol–water partition coefficient (Wildman–Crippen LogP) is 2.18. The molecule has 2 unspecified atom stereocenters. The Morgan fingerprint density at radius 1 is 1.20 bits per heavy atom. The molecule has 0 radical (unpaired) electrons. The molecule has 1 heterocycles. The average Bonchev–Trinajstić information content (AvgIpc) is 2.60. The third kappa shape index (κ3) is 5.68. The summed E-state index contributed by atoms with van der Waals surface area (Å²) in [6.07, 6.45) is 2.05. The molecule has 0 aromatic heterocycles. The molecule has 2 N–H and O–H groups in total. The number of hydrogen-bond donors (Lipinski definition) is 2. The number of nitrogens with one attached hydrogen (secondary N) is 2. The molecule has 1 saturated heterocycles. The molecule has 1 aromatic rings.